The molecular formula is C12H21N3O3S. The second-order valence-corrected chi connectivity index (χ2v) is 6.08. The van der Waals surface area contributed by atoms with Gasteiger partial charge in [-0.15, -0.1) is 0 Å². The second-order valence-electron chi connectivity index (χ2n) is 4.35. The quantitative estimate of drug-likeness (QED) is 0.784. The van der Waals surface area contributed by atoms with E-state index in [-0.39, 0.29) is 6.04 Å². The van der Waals surface area contributed by atoms with Crippen LogP contribution in [0, 0.1) is 0 Å². The monoisotopic (exact) mass is 287 g/mol. The minimum absolute atomic E-state index is 0.130. The number of hydrogen-bond donors (Lipinski definition) is 2. The molecule has 0 saturated heterocycles. The SMILES string of the molecule is CC(C)N(C)S(=O)(=O)Nc1ccccc1OCCN. The third-order valence-corrected chi connectivity index (χ3v) is 4.27. The number of ether oxygens (including phenoxy) is 1. The van der Waals surface area contributed by atoms with E-state index in [1.807, 2.05) is 0 Å². The molecule has 19 heavy (non-hydrogen) atoms. The average Bonchev–Trinajstić information content (AvgIpc) is 2.36. The second kappa shape index (κ2) is 6.74. The van der Waals surface area contributed by atoms with Gasteiger partial charge in [0, 0.05) is 19.6 Å². The fourth-order valence-corrected chi connectivity index (χ4v) is 2.48. The zero-order chi connectivity index (χ0) is 14.5. The van der Waals surface area contributed by atoms with Crippen LogP contribution in [0.2, 0.25) is 0 Å². The maximum absolute atomic E-state index is 12.1. The van der Waals surface area contributed by atoms with Crippen LogP contribution in [0.25, 0.3) is 0 Å². The van der Waals surface area contributed by atoms with Crippen molar-refractivity contribution in [3.05, 3.63) is 24.3 Å². The molecule has 0 saturated carbocycles. The number of nitrogens with zero attached hydrogens (tertiary/aromatic N) is 1. The summed E-state index contributed by atoms with van der Waals surface area (Å²) in [4.78, 5) is 0. The molecule has 0 aromatic heterocycles. The highest BCUT2D eigenvalue weighted by Gasteiger charge is 2.21. The molecule has 6 nitrogen and oxygen atoms in total. The third-order valence-electron chi connectivity index (χ3n) is 2.61. The van der Waals surface area contributed by atoms with Gasteiger partial charge in [-0.3, -0.25) is 4.72 Å². The fourth-order valence-electron chi connectivity index (χ4n) is 1.33. The van der Waals surface area contributed by atoms with Gasteiger partial charge in [-0.25, -0.2) is 0 Å². The number of benzene rings is 1. The first-order chi connectivity index (χ1) is 8.88. The molecule has 0 aliphatic rings. The van der Waals surface area contributed by atoms with Crippen molar-refractivity contribution in [2.45, 2.75) is 19.9 Å². The number of hydrogen-bond acceptors (Lipinski definition) is 4. The molecule has 0 heterocycles. The van der Waals surface area contributed by atoms with E-state index < -0.39 is 10.2 Å². The molecule has 1 aromatic carbocycles. The van der Waals surface area contributed by atoms with Crippen LogP contribution in [-0.4, -0.2) is 39.0 Å². The lowest BCUT2D eigenvalue weighted by Gasteiger charge is -2.22. The summed E-state index contributed by atoms with van der Waals surface area (Å²) in [6.45, 7) is 4.30. The number of para-hydroxylation sites is 2. The molecule has 0 fully saturated rings. The predicted octanol–water partition coefficient (Wildman–Crippen LogP) is 1.02. The van der Waals surface area contributed by atoms with E-state index in [4.69, 9.17) is 10.5 Å². The van der Waals surface area contributed by atoms with Gasteiger partial charge < -0.3 is 10.5 Å². The summed E-state index contributed by atoms with van der Waals surface area (Å²) in [5, 5.41) is 0. The highest BCUT2D eigenvalue weighted by Crippen LogP contribution is 2.25. The smallest absolute Gasteiger partial charge is 0.301 e. The molecule has 1 rings (SSSR count). The molecule has 7 heteroatoms. The van der Waals surface area contributed by atoms with Crippen LogP contribution in [0.5, 0.6) is 5.75 Å². The fraction of sp³-hybridized carbons (Fsp3) is 0.500. The van der Waals surface area contributed by atoms with Gasteiger partial charge in [0.1, 0.15) is 12.4 Å². The van der Waals surface area contributed by atoms with Crippen LogP contribution in [0.3, 0.4) is 0 Å². The van der Waals surface area contributed by atoms with E-state index in [1.165, 1.54) is 11.4 Å². The first-order valence-electron chi connectivity index (χ1n) is 6.06. The molecule has 0 spiro atoms. The Morgan fingerprint density at radius 3 is 2.58 bits per heavy atom. The van der Waals surface area contributed by atoms with Crippen molar-refractivity contribution in [1.29, 1.82) is 0 Å². The Hall–Kier alpha value is -1.31. The molecule has 108 valence electrons. The molecule has 0 unspecified atom stereocenters. The van der Waals surface area contributed by atoms with Gasteiger partial charge in [-0.1, -0.05) is 12.1 Å². The number of nitrogens with two attached hydrogens (primary N) is 1. The minimum atomic E-state index is -3.59. The molecular weight excluding hydrogens is 266 g/mol. The standard InChI is InChI=1S/C12H21N3O3S/c1-10(2)15(3)19(16,17)14-11-6-4-5-7-12(11)18-9-8-13/h4-7,10,14H,8-9,13H2,1-3H3. The highest BCUT2D eigenvalue weighted by atomic mass is 32.2. The Balaban J connectivity index is 2.93. The van der Waals surface area contributed by atoms with Crippen molar-refractivity contribution in [2.75, 3.05) is 24.9 Å². The Bertz CT molecular complexity index is 503. The van der Waals surface area contributed by atoms with Gasteiger partial charge in [0.05, 0.1) is 5.69 Å². The van der Waals surface area contributed by atoms with Crippen LogP contribution < -0.4 is 15.2 Å². The van der Waals surface area contributed by atoms with Gasteiger partial charge in [0.25, 0.3) is 0 Å². The summed E-state index contributed by atoms with van der Waals surface area (Å²) in [6, 6.07) is 6.73. The summed E-state index contributed by atoms with van der Waals surface area (Å²) >= 11 is 0. The van der Waals surface area contributed by atoms with Crippen molar-refractivity contribution in [2.24, 2.45) is 5.73 Å². The van der Waals surface area contributed by atoms with Gasteiger partial charge in [0.15, 0.2) is 0 Å². The Morgan fingerprint density at radius 2 is 2.00 bits per heavy atom. The third kappa shape index (κ3) is 4.38. The molecule has 0 atom stereocenters. The van der Waals surface area contributed by atoms with Crippen molar-refractivity contribution >= 4 is 15.9 Å². The molecule has 0 aliphatic carbocycles. The normalized spacial score (nSPS) is 11.9. The van der Waals surface area contributed by atoms with Crippen LogP contribution in [0.15, 0.2) is 24.3 Å². The van der Waals surface area contributed by atoms with E-state index in [0.717, 1.165) is 0 Å². The topological polar surface area (TPSA) is 84.7 Å². The van der Waals surface area contributed by atoms with Gasteiger partial charge in [-0.2, -0.15) is 12.7 Å². The first kappa shape index (κ1) is 15.7. The van der Waals surface area contributed by atoms with Crippen LogP contribution >= 0.6 is 0 Å². The van der Waals surface area contributed by atoms with Crippen LogP contribution in [0.1, 0.15) is 13.8 Å². The van der Waals surface area contributed by atoms with Crippen molar-refractivity contribution in [3.63, 3.8) is 0 Å². The molecule has 1 aromatic rings. The predicted molar refractivity (Wildman–Crippen MR) is 76.4 cm³/mol. The summed E-state index contributed by atoms with van der Waals surface area (Å²) in [6.07, 6.45) is 0. The maximum atomic E-state index is 12.1. The van der Waals surface area contributed by atoms with Gasteiger partial charge >= 0.3 is 10.2 Å². The van der Waals surface area contributed by atoms with Crippen molar-refractivity contribution in [1.82, 2.24) is 4.31 Å². The summed E-state index contributed by atoms with van der Waals surface area (Å²) < 4.78 is 33.4. The maximum Gasteiger partial charge on any atom is 0.301 e. The zero-order valence-electron chi connectivity index (χ0n) is 11.5. The Kier molecular flexibility index (Phi) is 5.59. The molecule has 0 radical (unpaired) electrons. The average molecular weight is 287 g/mol. The molecule has 0 amide bonds. The van der Waals surface area contributed by atoms with Gasteiger partial charge in [0.2, 0.25) is 0 Å². The Morgan fingerprint density at radius 1 is 1.37 bits per heavy atom. The first-order valence-corrected chi connectivity index (χ1v) is 7.50. The lowest BCUT2D eigenvalue weighted by Crippen LogP contribution is -2.37. The lowest BCUT2D eigenvalue weighted by atomic mass is 10.3. The highest BCUT2D eigenvalue weighted by molar-refractivity contribution is 7.90. The minimum Gasteiger partial charge on any atom is -0.490 e. The van der Waals surface area contributed by atoms with E-state index in [1.54, 1.807) is 38.1 Å². The summed E-state index contributed by atoms with van der Waals surface area (Å²) in [5.41, 5.74) is 5.78. The number of rotatable bonds is 7. The van der Waals surface area contributed by atoms with Crippen LogP contribution in [-0.2, 0) is 10.2 Å². The Labute approximate surface area is 114 Å². The summed E-state index contributed by atoms with van der Waals surface area (Å²) in [5.74, 6) is 0.466. The van der Waals surface area contributed by atoms with E-state index in [9.17, 15) is 8.42 Å². The van der Waals surface area contributed by atoms with Crippen molar-refractivity contribution < 1.29 is 13.2 Å². The largest absolute Gasteiger partial charge is 0.490 e. The van der Waals surface area contributed by atoms with E-state index in [0.29, 0.717) is 24.6 Å². The van der Waals surface area contributed by atoms with E-state index >= 15 is 0 Å². The lowest BCUT2D eigenvalue weighted by molar-refractivity contribution is 0.330. The molecule has 0 aliphatic heterocycles. The molecule has 0 bridgehead atoms. The van der Waals surface area contributed by atoms with Crippen LogP contribution in [0.4, 0.5) is 5.69 Å². The summed E-state index contributed by atoms with van der Waals surface area (Å²) in [7, 11) is -2.06. The van der Waals surface area contributed by atoms with Gasteiger partial charge in [-0.05, 0) is 26.0 Å². The molecule has 3 N–H and O–H groups in total. The number of nitrogens with one attached hydrogen (secondary N) is 1. The zero-order valence-corrected chi connectivity index (χ0v) is 12.3. The number of anilines is 1. The van der Waals surface area contributed by atoms with Crippen molar-refractivity contribution in [3.8, 4) is 5.75 Å². The van der Waals surface area contributed by atoms with E-state index in [2.05, 4.69) is 4.72 Å².